The van der Waals surface area contributed by atoms with E-state index >= 15 is 0 Å². The third-order valence-corrected chi connectivity index (χ3v) is 2.81. The van der Waals surface area contributed by atoms with E-state index in [0.29, 0.717) is 5.39 Å². The van der Waals surface area contributed by atoms with Crippen LogP contribution in [0.5, 0.6) is 5.88 Å². The molecule has 0 aromatic carbocycles. The maximum atomic E-state index is 12.0. The van der Waals surface area contributed by atoms with Gasteiger partial charge in [0.1, 0.15) is 5.65 Å². The average Bonchev–Trinajstić information content (AvgIpc) is 2.85. The molecule has 0 aliphatic carbocycles. The fourth-order valence-electron chi connectivity index (χ4n) is 1.87. The van der Waals surface area contributed by atoms with E-state index in [1.165, 1.54) is 12.3 Å². The minimum Gasteiger partial charge on any atom is -0.494 e. The van der Waals surface area contributed by atoms with Gasteiger partial charge in [0.15, 0.2) is 5.56 Å². The molecule has 112 valence electrons. The van der Waals surface area contributed by atoms with Gasteiger partial charge >= 0.3 is 5.69 Å². The quantitative estimate of drug-likeness (QED) is 0.338. The van der Waals surface area contributed by atoms with Crippen molar-refractivity contribution in [2.75, 3.05) is 5.32 Å². The lowest BCUT2D eigenvalue weighted by atomic mass is 10.3. The summed E-state index contributed by atoms with van der Waals surface area (Å²) in [6.45, 7) is 0. The molecule has 3 aromatic rings. The van der Waals surface area contributed by atoms with E-state index in [-0.39, 0.29) is 11.6 Å². The topological polar surface area (TPSA) is 177 Å². The van der Waals surface area contributed by atoms with Crippen LogP contribution in [0.2, 0.25) is 0 Å². The summed E-state index contributed by atoms with van der Waals surface area (Å²) in [5, 5.41) is 11.9. The van der Waals surface area contributed by atoms with Crippen LogP contribution < -0.4 is 22.1 Å². The van der Waals surface area contributed by atoms with Crippen LogP contribution in [-0.2, 0) is 0 Å². The molecule has 0 saturated heterocycles. The number of aromatic amines is 4. The number of rotatable bonds is 2. The molecule has 0 radical (unpaired) electrons. The van der Waals surface area contributed by atoms with Gasteiger partial charge in [-0.15, -0.1) is 0 Å². The number of aromatic hydroxyl groups is 1. The lowest BCUT2D eigenvalue weighted by Crippen LogP contribution is -2.30. The lowest BCUT2D eigenvalue weighted by molar-refractivity contribution is 0.102. The molecule has 11 heteroatoms. The summed E-state index contributed by atoms with van der Waals surface area (Å²) < 4.78 is 0. The Morgan fingerprint density at radius 1 is 1.14 bits per heavy atom. The Bertz CT molecular complexity index is 1060. The molecular weight excluding hydrogens is 296 g/mol. The van der Waals surface area contributed by atoms with Crippen molar-refractivity contribution in [3.8, 4) is 5.88 Å². The summed E-state index contributed by atoms with van der Waals surface area (Å²) in [5.41, 5.74) is -3.02. The van der Waals surface area contributed by atoms with E-state index in [4.69, 9.17) is 0 Å². The maximum absolute atomic E-state index is 12.0. The van der Waals surface area contributed by atoms with Crippen LogP contribution in [0.1, 0.15) is 10.4 Å². The van der Waals surface area contributed by atoms with E-state index in [9.17, 15) is 24.3 Å². The summed E-state index contributed by atoms with van der Waals surface area (Å²) in [7, 11) is 0. The minimum absolute atomic E-state index is 0.227. The SMILES string of the molecule is O=C(Nc1nc2[nH]ccc2c(=O)[nH]1)c1c(O)[nH]c(=O)[nH]c1=O. The molecule has 0 saturated carbocycles. The highest BCUT2D eigenvalue weighted by Crippen LogP contribution is 2.09. The summed E-state index contributed by atoms with van der Waals surface area (Å²) in [5.74, 6) is -2.17. The summed E-state index contributed by atoms with van der Waals surface area (Å²) in [6, 6.07) is 1.51. The molecule has 0 spiro atoms. The van der Waals surface area contributed by atoms with Crippen molar-refractivity contribution in [1.29, 1.82) is 0 Å². The van der Waals surface area contributed by atoms with Gasteiger partial charge in [-0.25, -0.2) is 4.79 Å². The second-order valence-electron chi connectivity index (χ2n) is 4.24. The Kier molecular flexibility index (Phi) is 2.87. The highest BCUT2D eigenvalue weighted by molar-refractivity contribution is 6.04. The molecule has 0 atom stereocenters. The molecule has 3 heterocycles. The number of amides is 1. The third kappa shape index (κ3) is 2.15. The fraction of sp³-hybridized carbons (Fsp3) is 0. The molecule has 0 fully saturated rings. The number of carbonyl (C=O) groups excluding carboxylic acids is 1. The van der Waals surface area contributed by atoms with E-state index in [1.807, 2.05) is 4.98 Å². The third-order valence-electron chi connectivity index (χ3n) is 2.81. The molecule has 22 heavy (non-hydrogen) atoms. The first kappa shape index (κ1) is 13.4. The van der Waals surface area contributed by atoms with Crippen LogP contribution in [-0.4, -0.2) is 35.9 Å². The summed E-state index contributed by atoms with van der Waals surface area (Å²) in [6.07, 6.45) is 1.50. The van der Waals surface area contributed by atoms with Crippen molar-refractivity contribution in [2.45, 2.75) is 0 Å². The van der Waals surface area contributed by atoms with Crippen LogP contribution in [0.3, 0.4) is 0 Å². The molecule has 0 bridgehead atoms. The summed E-state index contributed by atoms with van der Waals surface area (Å²) in [4.78, 5) is 58.8. The van der Waals surface area contributed by atoms with E-state index in [2.05, 4.69) is 20.3 Å². The van der Waals surface area contributed by atoms with Gasteiger partial charge in [0.2, 0.25) is 11.8 Å². The Balaban J connectivity index is 2.02. The van der Waals surface area contributed by atoms with E-state index in [1.54, 1.807) is 4.98 Å². The number of hydrogen-bond acceptors (Lipinski definition) is 6. The Morgan fingerprint density at radius 2 is 1.91 bits per heavy atom. The number of anilines is 1. The van der Waals surface area contributed by atoms with E-state index < -0.39 is 34.2 Å². The first-order valence-corrected chi connectivity index (χ1v) is 5.90. The van der Waals surface area contributed by atoms with Gasteiger partial charge in [-0.05, 0) is 6.07 Å². The van der Waals surface area contributed by atoms with Gasteiger partial charge in [0.05, 0.1) is 5.39 Å². The molecule has 3 aromatic heterocycles. The second-order valence-corrected chi connectivity index (χ2v) is 4.24. The van der Waals surface area contributed by atoms with Crippen molar-refractivity contribution in [1.82, 2.24) is 24.9 Å². The van der Waals surface area contributed by atoms with Gasteiger partial charge in [-0.3, -0.25) is 34.7 Å². The van der Waals surface area contributed by atoms with Crippen LogP contribution in [0.25, 0.3) is 11.0 Å². The van der Waals surface area contributed by atoms with Gasteiger partial charge in [0.25, 0.3) is 17.0 Å². The molecular formula is C11H8N6O5. The Morgan fingerprint density at radius 3 is 2.64 bits per heavy atom. The molecule has 0 unspecified atom stereocenters. The van der Waals surface area contributed by atoms with Crippen molar-refractivity contribution >= 4 is 22.9 Å². The lowest BCUT2D eigenvalue weighted by Gasteiger charge is -2.04. The molecule has 0 aliphatic rings. The maximum Gasteiger partial charge on any atom is 0.328 e. The largest absolute Gasteiger partial charge is 0.494 e. The predicted octanol–water partition coefficient (Wildman–Crippen LogP) is -1.41. The van der Waals surface area contributed by atoms with Crippen molar-refractivity contribution < 1.29 is 9.90 Å². The second kappa shape index (κ2) is 4.73. The minimum atomic E-state index is -1.08. The fourth-order valence-corrected chi connectivity index (χ4v) is 1.87. The monoisotopic (exact) mass is 304 g/mol. The van der Waals surface area contributed by atoms with Gasteiger partial charge in [0, 0.05) is 6.20 Å². The number of H-pyrrole nitrogens is 4. The number of fused-ring (bicyclic) bond motifs is 1. The van der Waals surface area contributed by atoms with Gasteiger partial charge in [-0.2, -0.15) is 4.98 Å². The van der Waals surface area contributed by atoms with E-state index in [0.717, 1.165) is 0 Å². The Hall–Kier alpha value is -3.63. The molecule has 11 nitrogen and oxygen atoms in total. The highest BCUT2D eigenvalue weighted by Gasteiger charge is 2.18. The Labute approximate surface area is 119 Å². The predicted molar refractivity (Wildman–Crippen MR) is 74.0 cm³/mol. The number of nitrogens with zero attached hydrogens (tertiary/aromatic N) is 1. The summed E-state index contributed by atoms with van der Waals surface area (Å²) >= 11 is 0. The number of carbonyl (C=O) groups is 1. The zero-order valence-electron chi connectivity index (χ0n) is 10.7. The standard InChI is InChI=1S/C11H8N6O5/c18-6-3-1-2-12-5(3)13-10(14-6)15-7(19)4-8(20)16-11(22)17-9(4)21/h1-2H,(H3,16,17,20,21,22)(H3,12,13,14,15,18,19). The van der Waals surface area contributed by atoms with Crippen LogP contribution >= 0.6 is 0 Å². The number of hydrogen-bond donors (Lipinski definition) is 6. The van der Waals surface area contributed by atoms with Crippen LogP contribution in [0.4, 0.5) is 5.95 Å². The number of aromatic nitrogens is 5. The molecule has 1 amide bonds. The highest BCUT2D eigenvalue weighted by atomic mass is 16.3. The van der Waals surface area contributed by atoms with Gasteiger partial charge < -0.3 is 10.1 Å². The van der Waals surface area contributed by atoms with Gasteiger partial charge in [-0.1, -0.05) is 0 Å². The van der Waals surface area contributed by atoms with Crippen LogP contribution in [0, 0.1) is 0 Å². The molecule has 0 aliphatic heterocycles. The van der Waals surface area contributed by atoms with Crippen molar-refractivity contribution in [2.24, 2.45) is 0 Å². The zero-order chi connectivity index (χ0) is 15.9. The molecule has 6 N–H and O–H groups in total. The zero-order valence-corrected chi connectivity index (χ0v) is 10.7. The first-order chi connectivity index (χ1) is 10.5. The van der Waals surface area contributed by atoms with Crippen molar-refractivity contribution in [3.63, 3.8) is 0 Å². The normalized spacial score (nSPS) is 10.7. The molecule has 3 rings (SSSR count). The van der Waals surface area contributed by atoms with Crippen LogP contribution in [0.15, 0.2) is 26.6 Å². The van der Waals surface area contributed by atoms with Crippen molar-refractivity contribution in [3.05, 3.63) is 49.0 Å². The average molecular weight is 304 g/mol. The first-order valence-electron chi connectivity index (χ1n) is 5.90. The number of nitrogens with one attached hydrogen (secondary N) is 5. The smallest absolute Gasteiger partial charge is 0.328 e.